The lowest BCUT2D eigenvalue weighted by Crippen LogP contribution is -2.60. The third kappa shape index (κ3) is 4.03. The minimum Gasteiger partial charge on any atom is -0.373 e. The summed E-state index contributed by atoms with van der Waals surface area (Å²) in [6.07, 6.45) is -0.190. The van der Waals surface area contributed by atoms with E-state index in [4.69, 9.17) is 4.74 Å². The standard InChI is InChI=1S/C14H26N4O4S.ClH/c1-11-9-18(10-12(2)22-11)23(20,21)17-5-3-16(4-6-17)14(19)13-7-15-8-13;/h11-13,15H,3-10H2,1-2H3;1H. The number of hydrogen-bond donors (Lipinski definition) is 1. The molecule has 24 heavy (non-hydrogen) atoms. The number of halogens is 1. The summed E-state index contributed by atoms with van der Waals surface area (Å²) in [5, 5.41) is 3.09. The quantitative estimate of drug-likeness (QED) is 0.686. The van der Waals surface area contributed by atoms with E-state index in [0.717, 1.165) is 13.1 Å². The van der Waals surface area contributed by atoms with Gasteiger partial charge in [0.2, 0.25) is 5.91 Å². The number of amides is 1. The lowest BCUT2D eigenvalue weighted by atomic mass is 10.0. The van der Waals surface area contributed by atoms with Crippen LogP contribution >= 0.6 is 12.4 Å². The average molecular weight is 383 g/mol. The van der Waals surface area contributed by atoms with E-state index < -0.39 is 10.2 Å². The topological polar surface area (TPSA) is 82.2 Å². The van der Waals surface area contributed by atoms with E-state index in [1.165, 1.54) is 8.61 Å². The van der Waals surface area contributed by atoms with Crippen molar-refractivity contribution in [2.24, 2.45) is 5.92 Å². The Balaban J connectivity index is 0.00000208. The van der Waals surface area contributed by atoms with Crippen LogP contribution in [0.5, 0.6) is 0 Å². The van der Waals surface area contributed by atoms with Crippen molar-refractivity contribution in [1.82, 2.24) is 18.8 Å². The van der Waals surface area contributed by atoms with Gasteiger partial charge >= 0.3 is 0 Å². The number of carbonyl (C=O) groups excluding carboxylic acids is 1. The maximum atomic E-state index is 12.8. The summed E-state index contributed by atoms with van der Waals surface area (Å²) in [6, 6.07) is 0. The van der Waals surface area contributed by atoms with E-state index in [2.05, 4.69) is 5.32 Å². The van der Waals surface area contributed by atoms with Crippen LogP contribution in [0.1, 0.15) is 13.8 Å². The molecule has 0 aromatic carbocycles. The molecule has 3 saturated heterocycles. The first-order valence-electron chi connectivity index (χ1n) is 8.28. The van der Waals surface area contributed by atoms with Gasteiger partial charge in [-0.1, -0.05) is 0 Å². The summed E-state index contributed by atoms with van der Waals surface area (Å²) < 4.78 is 34.2. The third-order valence-corrected chi connectivity index (χ3v) is 6.69. The fourth-order valence-electron chi connectivity index (χ4n) is 3.34. The van der Waals surface area contributed by atoms with Gasteiger partial charge < -0.3 is 15.0 Å². The zero-order valence-corrected chi connectivity index (χ0v) is 15.8. The summed E-state index contributed by atoms with van der Waals surface area (Å²) >= 11 is 0. The van der Waals surface area contributed by atoms with Gasteiger partial charge in [0, 0.05) is 52.4 Å². The molecule has 0 bridgehead atoms. The number of carbonyl (C=O) groups is 1. The van der Waals surface area contributed by atoms with Crippen LogP contribution in [0.15, 0.2) is 0 Å². The molecule has 3 fully saturated rings. The summed E-state index contributed by atoms with van der Waals surface area (Å²) in [5.41, 5.74) is 0. The van der Waals surface area contributed by atoms with Gasteiger partial charge in [0.05, 0.1) is 18.1 Å². The average Bonchev–Trinajstić information content (AvgIpc) is 2.44. The third-order valence-electron chi connectivity index (χ3n) is 4.72. The van der Waals surface area contributed by atoms with Gasteiger partial charge in [-0.2, -0.15) is 17.0 Å². The normalized spacial score (nSPS) is 30.5. The second kappa shape index (κ2) is 7.84. The monoisotopic (exact) mass is 382 g/mol. The van der Waals surface area contributed by atoms with E-state index >= 15 is 0 Å². The molecule has 0 aliphatic carbocycles. The Morgan fingerprint density at radius 3 is 2.00 bits per heavy atom. The zero-order chi connectivity index (χ0) is 16.6. The molecule has 10 heteroatoms. The van der Waals surface area contributed by atoms with E-state index in [0.29, 0.717) is 39.3 Å². The van der Waals surface area contributed by atoms with E-state index in [1.54, 1.807) is 4.90 Å². The number of nitrogens with one attached hydrogen (secondary N) is 1. The molecule has 140 valence electrons. The highest BCUT2D eigenvalue weighted by atomic mass is 35.5. The molecule has 2 unspecified atom stereocenters. The van der Waals surface area contributed by atoms with Crippen molar-refractivity contribution in [3.8, 4) is 0 Å². The van der Waals surface area contributed by atoms with Crippen LogP contribution in [-0.4, -0.2) is 92.4 Å². The smallest absolute Gasteiger partial charge is 0.282 e. The SMILES string of the molecule is CC1CN(S(=O)(=O)N2CCN(C(=O)C3CNC3)CC2)CC(C)O1.Cl. The fourth-order valence-corrected chi connectivity index (χ4v) is 5.09. The predicted octanol–water partition coefficient (Wildman–Crippen LogP) is -0.874. The first-order valence-corrected chi connectivity index (χ1v) is 9.68. The summed E-state index contributed by atoms with van der Waals surface area (Å²) in [5.74, 6) is 0.216. The molecule has 0 spiro atoms. The molecule has 0 saturated carbocycles. The number of piperazine rings is 1. The minimum atomic E-state index is -3.48. The number of hydrogen-bond acceptors (Lipinski definition) is 5. The molecule has 2 atom stereocenters. The van der Waals surface area contributed by atoms with Crippen molar-refractivity contribution in [3.05, 3.63) is 0 Å². The van der Waals surface area contributed by atoms with Crippen molar-refractivity contribution in [3.63, 3.8) is 0 Å². The van der Waals surface area contributed by atoms with Gasteiger partial charge in [0.1, 0.15) is 0 Å². The second-order valence-corrected chi connectivity index (χ2v) is 8.59. The Hall–Kier alpha value is -0.450. The van der Waals surface area contributed by atoms with Gasteiger partial charge in [-0.05, 0) is 13.8 Å². The van der Waals surface area contributed by atoms with Crippen LogP contribution in [0.3, 0.4) is 0 Å². The molecule has 3 aliphatic rings. The van der Waals surface area contributed by atoms with E-state index in [9.17, 15) is 13.2 Å². The first-order chi connectivity index (χ1) is 10.9. The van der Waals surface area contributed by atoms with Crippen molar-refractivity contribution in [1.29, 1.82) is 0 Å². The van der Waals surface area contributed by atoms with Gasteiger partial charge in [0.15, 0.2) is 0 Å². The molecule has 3 aliphatic heterocycles. The zero-order valence-electron chi connectivity index (χ0n) is 14.2. The Morgan fingerprint density at radius 1 is 1.00 bits per heavy atom. The summed E-state index contributed by atoms with van der Waals surface area (Å²) in [4.78, 5) is 14.0. The maximum absolute atomic E-state index is 12.8. The van der Waals surface area contributed by atoms with Crippen molar-refractivity contribution in [2.45, 2.75) is 26.1 Å². The van der Waals surface area contributed by atoms with Gasteiger partial charge in [-0.25, -0.2) is 0 Å². The fraction of sp³-hybridized carbons (Fsp3) is 0.929. The van der Waals surface area contributed by atoms with Crippen molar-refractivity contribution >= 4 is 28.5 Å². The van der Waals surface area contributed by atoms with Gasteiger partial charge in [-0.3, -0.25) is 4.79 Å². The molecule has 0 aromatic rings. The molecule has 1 N–H and O–H groups in total. The lowest BCUT2D eigenvalue weighted by Gasteiger charge is -2.41. The Labute approximate surface area is 150 Å². The molecular formula is C14H27ClN4O4S. The molecule has 1 amide bonds. The van der Waals surface area contributed by atoms with Crippen LogP contribution < -0.4 is 5.32 Å². The molecule has 3 heterocycles. The van der Waals surface area contributed by atoms with Crippen LogP contribution in [-0.2, 0) is 19.7 Å². The molecule has 0 aromatic heterocycles. The summed E-state index contributed by atoms with van der Waals surface area (Å²) in [7, 11) is -3.48. The highest BCUT2D eigenvalue weighted by molar-refractivity contribution is 7.86. The summed E-state index contributed by atoms with van der Waals surface area (Å²) in [6.45, 7) is 7.72. The lowest BCUT2D eigenvalue weighted by molar-refractivity contribution is -0.138. The Bertz CT molecular complexity index is 539. The van der Waals surface area contributed by atoms with Crippen LogP contribution in [0.2, 0.25) is 0 Å². The van der Waals surface area contributed by atoms with E-state index in [-0.39, 0.29) is 36.4 Å². The van der Waals surface area contributed by atoms with E-state index in [1.807, 2.05) is 13.8 Å². The highest BCUT2D eigenvalue weighted by Gasteiger charge is 2.38. The first kappa shape index (κ1) is 19.9. The Kier molecular flexibility index (Phi) is 6.49. The molecule has 3 rings (SSSR count). The largest absolute Gasteiger partial charge is 0.373 e. The molecule has 0 radical (unpaired) electrons. The van der Waals surface area contributed by atoms with Crippen LogP contribution in [0, 0.1) is 5.92 Å². The van der Waals surface area contributed by atoms with Crippen LogP contribution in [0.4, 0.5) is 0 Å². The van der Waals surface area contributed by atoms with Crippen LogP contribution in [0.25, 0.3) is 0 Å². The van der Waals surface area contributed by atoms with Gasteiger partial charge in [-0.15, -0.1) is 12.4 Å². The molecular weight excluding hydrogens is 356 g/mol. The highest BCUT2D eigenvalue weighted by Crippen LogP contribution is 2.19. The minimum absolute atomic E-state index is 0. The van der Waals surface area contributed by atoms with Crippen molar-refractivity contribution < 1.29 is 17.9 Å². The predicted molar refractivity (Wildman–Crippen MR) is 92.3 cm³/mol. The number of morpholine rings is 1. The second-order valence-electron chi connectivity index (χ2n) is 6.66. The van der Waals surface area contributed by atoms with Gasteiger partial charge in [0.25, 0.3) is 10.2 Å². The number of ether oxygens (including phenoxy) is 1. The maximum Gasteiger partial charge on any atom is 0.282 e. The molecule has 8 nitrogen and oxygen atoms in total. The number of rotatable bonds is 3. The Morgan fingerprint density at radius 2 is 1.54 bits per heavy atom. The number of nitrogens with zero attached hydrogens (tertiary/aromatic N) is 3. The van der Waals surface area contributed by atoms with Crippen molar-refractivity contribution in [2.75, 3.05) is 52.4 Å².